The van der Waals surface area contributed by atoms with Crippen LogP contribution in [0.5, 0.6) is 5.75 Å². The van der Waals surface area contributed by atoms with Crippen LogP contribution in [0.3, 0.4) is 0 Å². The van der Waals surface area contributed by atoms with Gasteiger partial charge in [-0.2, -0.15) is 0 Å². The highest BCUT2D eigenvalue weighted by Gasteiger charge is 2.10. The molecule has 0 saturated carbocycles. The van der Waals surface area contributed by atoms with Crippen molar-refractivity contribution in [3.05, 3.63) is 54.1 Å². The molecular formula is C15H13NO4. The number of nitrogens with zero attached hydrogens (tertiary/aromatic N) is 1. The van der Waals surface area contributed by atoms with Crippen LogP contribution in [0.2, 0.25) is 0 Å². The molecule has 0 unspecified atom stereocenters. The fourth-order valence-electron chi connectivity index (χ4n) is 2.19. The van der Waals surface area contributed by atoms with Crippen LogP contribution in [0, 0.1) is 0 Å². The summed E-state index contributed by atoms with van der Waals surface area (Å²) in [4.78, 5) is 10.8. The molecule has 0 saturated heterocycles. The summed E-state index contributed by atoms with van der Waals surface area (Å²) < 4.78 is 12.5. The van der Waals surface area contributed by atoms with E-state index in [1.807, 2.05) is 35.0 Å². The van der Waals surface area contributed by atoms with E-state index in [2.05, 4.69) is 0 Å². The summed E-state index contributed by atoms with van der Waals surface area (Å²) in [7, 11) is 1.63. The molecule has 0 aliphatic heterocycles. The summed E-state index contributed by atoms with van der Waals surface area (Å²) in [6, 6.07) is 10.9. The van der Waals surface area contributed by atoms with Gasteiger partial charge < -0.3 is 18.8 Å². The molecule has 2 heterocycles. The number of fused-ring (bicyclic) bond motifs is 1. The first-order valence-electron chi connectivity index (χ1n) is 6.12. The van der Waals surface area contributed by atoms with Crippen molar-refractivity contribution in [1.82, 2.24) is 4.57 Å². The van der Waals surface area contributed by atoms with Gasteiger partial charge in [0.05, 0.1) is 13.7 Å². The minimum Gasteiger partial charge on any atom is -0.497 e. The Hall–Kier alpha value is -2.69. The Morgan fingerprint density at radius 2 is 2.15 bits per heavy atom. The van der Waals surface area contributed by atoms with E-state index in [4.69, 9.17) is 14.3 Å². The van der Waals surface area contributed by atoms with E-state index in [9.17, 15) is 4.79 Å². The van der Waals surface area contributed by atoms with E-state index < -0.39 is 5.97 Å². The maximum atomic E-state index is 10.8. The van der Waals surface area contributed by atoms with Crippen molar-refractivity contribution in [2.24, 2.45) is 0 Å². The first kappa shape index (κ1) is 12.3. The number of carboxylic acid groups (broad SMARTS) is 1. The van der Waals surface area contributed by atoms with Gasteiger partial charge in [0.15, 0.2) is 0 Å². The Morgan fingerprint density at radius 3 is 2.85 bits per heavy atom. The van der Waals surface area contributed by atoms with Gasteiger partial charge >= 0.3 is 5.97 Å². The molecule has 3 aromatic rings. The van der Waals surface area contributed by atoms with Crippen LogP contribution in [0.15, 0.2) is 47.0 Å². The molecular weight excluding hydrogens is 258 g/mol. The standard InChI is InChI=1S/C15H13NO4/c1-19-11-2-4-13-10(8-11)6-7-16(13)9-12-3-5-14(20-12)15(17)18/h2-8H,9H2,1H3,(H,17,18). The van der Waals surface area contributed by atoms with Crippen LogP contribution < -0.4 is 4.74 Å². The number of hydrogen-bond acceptors (Lipinski definition) is 3. The molecule has 0 amide bonds. The number of ether oxygens (including phenoxy) is 1. The summed E-state index contributed by atoms with van der Waals surface area (Å²) in [5.41, 5.74) is 1.04. The molecule has 5 nitrogen and oxygen atoms in total. The van der Waals surface area contributed by atoms with E-state index in [1.54, 1.807) is 13.2 Å². The third-order valence-electron chi connectivity index (χ3n) is 3.18. The molecule has 0 aliphatic carbocycles. The van der Waals surface area contributed by atoms with Gasteiger partial charge in [-0.15, -0.1) is 0 Å². The van der Waals surface area contributed by atoms with Crippen molar-refractivity contribution in [2.45, 2.75) is 6.54 Å². The third kappa shape index (κ3) is 2.14. The van der Waals surface area contributed by atoms with Crippen LogP contribution in [0.4, 0.5) is 0 Å². The van der Waals surface area contributed by atoms with Gasteiger partial charge in [0.2, 0.25) is 5.76 Å². The molecule has 5 heteroatoms. The number of carbonyl (C=O) groups is 1. The first-order valence-corrected chi connectivity index (χ1v) is 6.12. The second-order valence-electron chi connectivity index (χ2n) is 4.44. The zero-order valence-corrected chi connectivity index (χ0v) is 10.9. The van der Waals surface area contributed by atoms with Crippen LogP contribution in [0.25, 0.3) is 10.9 Å². The van der Waals surface area contributed by atoms with Gasteiger partial charge in [-0.3, -0.25) is 0 Å². The zero-order chi connectivity index (χ0) is 14.1. The minimum absolute atomic E-state index is 0.0434. The molecule has 0 spiro atoms. The fourth-order valence-corrected chi connectivity index (χ4v) is 2.19. The molecule has 102 valence electrons. The van der Waals surface area contributed by atoms with Gasteiger partial charge in [-0.05, 0) is 36.4 Å². The van der Waals surface area contributed by atoms with Crippen molar-refractivity contribution in [1.29, 1.82) is 0 Å². The maximum Gasteiger partial charge on any atom is 0.371 e. The lowest BCUT2D eigenvalue weighted by Gasteiger charge is -2.04. The van der Waals surface area contributed by atoms with E-state index in [1.165, 1.54) is 6.07 Å². The quantitative estimate of drug-likeness (QED) is 0.792. The SMILES string of the molecule is COc1ccc2c(ccn2Cc2ccc(C(=O)O)o2)c1. The molecule has 0 radical (unpaired) electrons. The Balaban J connectivity index is 1.92. The predicted octanol–water partition coefficient (Wildman–Crippen LogP) is 2.99. The fraction of sp³-hybridized carbons (Fsp3) is 0.133. The van der Waals surface area contributed by atoms with Crippen molar-refractivity contribution in [2.75, 3.05) is 7.11 Å². The summed E-state index contributed by atoms with van der Waals surface area (Å²) in [5.74, 6) is 0.314. The Bertz CT molecular complexity index is 769. The van der Waals surface area contributed by atoms with Crippen molar-refractivity contribution < 1.29 is 19.1 Å². The highest BCUT2D eigenvalue weighted by atomic mass is 16.5. The average molecular weight is 271 g/mol. The van der Waals surface area contributed by atoms with E-state index >= 15 is 0 Å². The predicted molar refractivity (Wildman–Crippen MR) is 73.3 cm³/mol. The van der Waals surface area contributed by atoms with Crippen molar-refractivity contribution in [3.63, 3.8) is 0 Å². The molecule has 20 heavy (non-hydrogen) atoms. The highest BCUT2D eigenvalue weighted by Crippen LogP contribution is 2.23. The Morgan fingerprint density at radius 1 is 1.30 bits per heavy atom. The van der Waals surface area contributed by atoms with Crippen LogP contribution in [0.1, 0.15) is 16.3 Å². The maximum absolute atomic E-state index is 10.8. The summed E-state index contributed by atoms with van der Waals surface area (Å²) >= 11 is 0. The van der Waals surface area contributed by atoms with Crippen molar-refractivity contribution in [3.8, 4) is 5.75 Å². The molecule has 0 atom stereocenters. The first-order chi connectivity index (χ1) is 9.67. The van der Waals surface area contributed by atoms with Gasteiger partial charge in [0.25, 0.3) is 0 Å². The molecule has 0 aliphatic rings. The topological polar surface area (TPSA) is 64.6 Å². The Kier molecular flexibility index (Phi) is 2.95. The van der Waals surface area contributed by atoms with Gasteiger partial charge in [0.1, 0.15) is 11.5 Å². The van der Waals surface area contributed by atoms with Gasteiger partial charge in [-0.25, -0.2) is 4.79 Å². The average Bonchev–Trinajstić information content (AvgIpc) is 3.06. The number of benzene rings is 1. The van der Waals surface area contributed by atoms with Gasteiger partial charge in [0, 0.05) is 17.1 Å². The summed E-state index contributed by atoms with van der Waals surface area (Å²) in [5, 5.41) is 9.90. The zero-order valence-electron chi connectivity index (χ0n) is 10.9. The molecule has 0 fully saturated rings. The van der Waals surface area contributed by atoms with E-state index in [0.717, 1.165) is 16.7 Å². The summed E-state index contributed by atoms with van der Waals surface area (Å²) in [6.45, 7) is 0.489. The lowest BCUT2D eigenvalue weighted by atomic mass is 10.2. The van der Waals surface area contributed by atoms with Crippen molar-refractivity contribution >= 4 is 16.9 Å². The smallest absolute Gasteiger partial charge is 0.371 e. The number of hydrogen-bond donors (Lipinski definition) is 1. The minimum atomic E-state index is -1.06. The molecule has 1 aromatic carbocycles. The number of rotatable bonds is 4. The van der Waals surface area contributed by atoms with Gasteiger partial charge in [-0.1, -0.05) is 0 Å². The van der Waals surface area contributed by atoms with E-state index in [-0.39, 0.29) is 5.76 Å². The van der Waals surface area contributed by atoms with Crippen LogP contribution in [-0.4, -0.2) is 22.8 Å². The second kappa shape index (κ2) is 4.77. The number of furan rings is 1. The number of methoxy groups -OCH3 is 1. The highest BCUT2D eigenvalue weighted by molar-refractivity contribution is 5.84. The lowest BCUT2D eigenvalue weighted by molar-refractivity contribution is 0.0660. The molecule has 3 rings (SSSR count). The molecule has 2 aromatic heterocycles. The summed E-state index contributed by atoms with van der Waals surface area (Å²) in [6.07, 6.45) is 1.94. The third-order valence-corrected chi connectivity index (χ3v) is 3.18. The second-order valence-corrected chi connectivity index (χ2v) is 4.44. The molecule has 0 bridgehead atoms. The number of aromatic carboxylic acids is 1. The Labute approximate surface area is 115 Å². The largest absolute Gasteiger partial charge is 0.497 e. The van der Waals surface area contributed by atoms with Crippen LogP contribution in [-0.2, 0) is 6.54 Å². The number of carboxylic acids is 1. The molecule has 1 N–H and O–H groups in total. The normalized spacial score (nSPS) is 10.8. The monoisotopic (exact) mass is 271 g/mol. The lowest BCUT2D eigenvalue weighted by Crippen LogP contribution is -1.97. The van der Waals surface area contributed by atoms with Crippen LogP contribution >= 0.6 is 0 Å². The number of aromatic nitrogens is 1. The van der Waals surface area contributed by atoms with E-state index in [0.29, 0.717) is 12.3 Å².